The molecule has 0 radical (unpaired) electrons. The van der Waals surface area contributed by atoms with Crippen molar-refractivity contribution < 1.29 is 15.0 Å². The van der Waals surface area contributed by atoms with Gasteiger partial charge in [-0.15, -0.1) is 0 Å². The summed E-state index contributed by atoms with van der Waals surface area (Å²) in [4.78, 5) is 11.7. The van der Waals surface area contributed by atoms with Gasteiger partial charge in [-0.25, -0.2) is 0 Å². The van der Waals surface area contributed by atoms with Crippen LogP contribution < -0.4 is 0 Å². The van der Waals surface area contributed by atoms with E-state index in [1.54, 1.807) is 0 Å². The van der Waals surface area contributed by atoms with Crippen molar-refractivity contribution in [1.82, 2.24) is 0 Å². The number of hydrogen-bond donors (Lipinski definition) is 2. The maximum absolute atomic E-state index is 11.7. The average molecular weight is 248 g/mol. The minimum Gasteiger partial charge on any atom is -0.392 e. The van der Waals surface area contributed by atoms with E-state index in [1.165, 1.54) is 0 Å². The summed E-state index contributed by atoms with van der Waals surface area (Å²) >= 11 is 0. The molecule has 2 N–H and O–H groups in total. The van der Waals surface area contributed by atoms with Crippen LogP contribution in [0.4, 0.5) is 0 Å². The fourth-order valence-electron chi connectivity index (χ4n) is 2.66. The molecule has 3 nitrogen and oxygen atoms in total. The lowest BCUT2D eigenvalue weighted by Crippen LogP contribution is -2.41. The van der Waals surface area contributed by atoms with E-state index in [9.17, 15) is 15.0 Å². The number of carbonyl (C=O) groups excluding carboxylic acids is 1. The topological polar surface area (TPSA) is 57.5 Å². The molecule has 0 saturated heterocycles. The predicted molar refractivity (Wildman–Crippen MR) is 69.1 cm³/mol. The monoisotopic (exact) mass is 248 g/mol. The van der Waals surface area contributed by atoms with Gasteiger partial charge in [0, 0.05) is 6.42 Å². The van der Waals surface area contributed by atoms with Crippen LogP contribution in [-0.2, 0) is 11.2 Å². The number of aryl methyl sites for hydroxylation is 1. The minimum absolute atomic E-state index is 0.00862. The van der Waals surface area contributed by atoms with E-state index in [-0.39, 0.29) is 5.78 Å². The molecule has 3 atom stereocenters. The smallest absolute Gasteiger partial charge is 0.141 e. The maximum atomic E-state index is 11.7. The number of aliphatic hydroxyl groups is 2. The molecule has 1 aromatic carbocycles. The van der Waals surface area contributed by atoms with E-state index in [1.807, 2.05) is 30.3 Å². The molecule has 2 rings (SSSR count). The zero-order chi connectivity index (χ0) is 13.0. The quantitative estimate of drug-likeness (QED) is 0.853. The molecule has 0 aromatic heterocycles. The van der Waals surface area contributed by atoms with E-state index in [2.05, 4.69) is 0 Å². The molecule has 0 spiro atoms. The van der Waals surface area contributed by atoms with Crippen LogP contribution in [0.2, 0.25) is 0 Å². The number of Topliss-reactive ketones (excluding diaryl/α,β-unsaturated/α-hetero) is 1. The summed E-state index contributed by atoms with van der Waals surface area (Å²) < 4.78 is 0. The van der Waals surface area contributed by atoms with Gasteiger partial charge in [-0.1, -0.05) is 30.3 Å². The van der Waals surface area contributed by atoms with Crippen LogP contribution >= 0.6 is 0 Å². The Labute approximate surface area is 107 Å². The summed E-state index contributed by atoms with van der Waals surface area (Å²) in [6.07, 6.45) is 1.71. The van der Waals surface area contributed by atoms with Crippen LogP contribution in [0.15, 0.2) is 30.3 Å². The Bertz CT molecular complexity index is 388. The second-order valence-corrected chi connectivity index (χ2v) is 5.04. The number of aliphatic hydroxyl groups excluding tert-OH is 2. The van der Waals surface area contributed by atoms with Crippen molar-refractivity contribution in [1.29, 1.82) is 0 Å². The Morgan fingerprint density at radius 2 is 2.00 bits per heavy atom. The summed E-state index contributed by atoms with van der Waals surface area (Å²) in [5.74, 6) is -0.572. The Hall–Kier alpha value is -1.19. The third kappa shape index (κ3) is 3.18. The van der Waals surface area contributed by atoms with Gasteiger partial charge in [-0.3, -0.25) is 4.79 Å². The molecule has 0 unspecified atom stereocenters. The molecule has 1 aromatic rings. The Balaban J connectivity index is 1.91. The molecule has 18 heavy (non-hydrogen) atoms. The number of carbonyl (C=O) groups is 1. The third-order valence-corrected chi connectivity index (χ3v) is 3.70. The fourth-order valence-corrected chi connectivity index (χ4v) is 2.66. The SMILES string of the molecule is O=C1CCC[C@@H](O)[C@@H]1[C@H](O)CCc1ccccc1. The Kier molecular flexibility index (Phi) is 4.50. The predicted octanol–water partition coefficient (Wildman–Crippen LogP) is 1.71. The number of rotatable bonds is 4. The lowest BCUT2D eigenvalue weighted by Gasteiger charge is -2.30. The zero-order valence-electron chi connectivity index (χ0n) is 10.5. The molecule has 0 aliphatic heterocycles. The molecule has 0 amide bonds. The van der Waals surface area contributed by atoms with Crippen molar-refractivity contribution in [2.75, 3.05) is 0 Å². The number of ketones is 1. The highest BCUT2D eigenvalue weighted by molar-refractivity contribution is 5.82. The lowest BCUT2D eigenvalue weighted by molar-refractivity contribution is -0.135. The van der Waals surface area contributed by atoms with Gasteiger partial charge in [-0.05, 0) is 31.2 Å². The largest absolute Gasteiger partial charge is 0.392 e. The Morgan fingerprint density at radius 1 is 1.28 bits per heavy atom. The van der Waals surface area contributed by atoms with Gasteiger partial charge in [0.1, 0.15) is 5.78 Å². The van der Waals surface area contributed by atoms with Crippen molar-refractivity contribution in [2.45, 2.75) is 44.3 Å². The van der Waals surface area contributed by atoms with Gasteiger partial charge in [-0.2, -0.15) is 0 Å². The van der Waals surface area contributed by atoms with E-state index in [0.29, 0.717) is 19.3 Å². The van der Waals surface area contributed by atoms with Crippen LogP contribution in [0.5, 0.6) is 0 Å². The van der Waals surface area contributed by atoms with E-state index < -0.39 is 18.1 Å². The average Bonchev–Trinajstić information content (AvgIpc) is 2.37. The summed E-state index contributed by atoms with van der Waals surface area (Å²) in [5, 5.41) is 19.9. The lowest BCUT2D eigenvalue weighted by atomic mass is 9.80. The van der Waals surface area contributed by atoms with Crippen LogP contribution in [-0.4, -0.2) is 28.2 Å². The highest BCUT2D eigenvalue weighted by Crippen LogP contribution is 2.26. The van der Waals surface area contributed by atoms with E-state index in [4.69, 9.17) is 0 Å². The number of benzene rings is 1. The zero-order valence-corrected chi connectivity index (χ0v) is 10.5. The highest BCUT2D eigenvalue weighted by Gasteiger charge is 2.35. The van der Waals surface area contributed by atoms with Crippen molar-refractivity contribution in [3.05, 3.63) is 35.9 Å². The summed E-state index contributed by atoms with van der Waals surface area (Å²) in [7, 11) is 0. The molecular weight excluding hydrogens is 228 g/mol. The highest BCUT2D eigenvalue weighted by atomic mass is 16.3. The summed E-state index contributed by atoms with van der Waals surface area (Å²) in [6, 6.07) is 9.89. The first-order chi connectivity index (χ1) is 8.68. The molecule has 0 bridgehead atoms. The van der Waals surface area contributed by atoms with Crippen molar-refractivity contribution in [2.24, 2.45) is 5.92 Å². The molecule has 3 heteroatoms. The fraction of sp³-hybridized carbons (Fsp3) is 0.533. The Morgan fingerprint density at radius 3 is 2.67 bits per heavy atom. The molecule has 1 aliphatic carbocycles. The van der Waals surface area contributed by atoms with Crippen LogP contribution in [0.1, 0.15) is 31.2 Å². The van der Waals surface area contributed by atoms with E-state index in [0.717, 1.165) is 18.4 Å². The van der Waals surface area contributed by atoms with Crippen molar-refractivity contribution in [3.8, 4) is 0 Å². The molecule has 1 saturated carbocycles. The molecule has 98 valence electrons. The van der Waals surface area contributed by atoms with Gasteiger partial charge in [0.05, 0.1) is 18.1 Å². The van der Waals surface area contributed by atoms with Crippen LogP contribution in [0.3, 0.4) is 0 Å². The first-order valence-electron chi connectivity index (χ1n) is 6.61. The maximum Gasteiger partial charge on any atom is 0.141 e. The van der Waals surface area contributed by atoms with Gasteiger partial charge in [0.2, 0.25) is 0 Å². The van der Waals surface area contributed by atoms with Gasteiger partial charge < -0.3 is 10.2 Å². The second-order valence-electron chi connectivity index (χ2n) is 5.04. The van der Waals surface area contributed by atoms with Gasteiger partial charge in [0.25, 0.3) is 0 Å². The standard InChI is InChI=1S/C15H20O3/c16-12-7-4-8-13(17)15(12)14(18)10-9-11-5-2-1-3-6-11/h1-3,5-6,12,14-16,18H,4,7-10H2/t12-,14-,15+/m1/s1. The van der Waals surface area contributed by atoms with Gasteiger partial charge in [0.15, 0.2) is 0 Å². The first kappa shape index (κ1) is 13.2. The molecular formula is C15H20O3. The molecule has 1 fully saturated rings. The minimum atomic E-state index is -0.729. The van der Waals surface area contributed by atoms with Gasteiger partial charge >= 0.3 is 0 Å². The normalized spacial score (nSPS) is 26.0. The third-order valence-electron chi connectivity index (χ3n) is 3.70. The van der Waals surface area contributed by atoms with Crippen molar-refractivity contribution in [3.63, 3.8) is 0 Å². The first-order valence-corrected chi connectivity index (χ1v) is 6.61. The van der Waals surface area contributed by atoms with E-state index >= 15 is 0 Å². The summed E-state index contributed by atoms with van der Waals surface area (Å²) in [6.45, 7) is 0. The van der Waals surface area contributed by atoms with Crippen LogP contribution in [0, 0.1) is 5.92 Å². The van der Waals surface area contributed by atoms with Crippen molar-refractivity contribution >= 4 is 5.78 Å². The molecule has 1 aliphatic rings. The summed E-state index contributed by atoms with van der Waals surface area (Å²) in [5.41, 5.74) is 1.15. The number of hydrogen-bond acceptors (Lipinski definition) is 3. The second kappa shape index (κ2) is 6.12. The molecule has 0 heterocycles. The van der Waals surface area contributed by atoms with Crippen LogP contribution in [0.25, 0.3) is 0 Å².